The van der Waals surface area contributed by atoms with Crippen LogP contribution in [0.3, 0.4) is 0 Å². The van der Waals surface area contributed by atoms with Crippen LogP contribution in [0.15, 0.2) is 47.4 Å². The molecule has 0 spiro atoms. The van der Waals surface area contributed by atoms with E-state index in [-0.39, 0.29) is 21.4 Å². The molecule has 2 aromatic rings. The van der Waals surface area contributed by atoms with E-state index in [1.165, 1.54) is 22.5 Å². The highest BCUT2D eigenvalue weighted by molar-refractivity contribution is 7.98. The van der Waals surface area contributed by atoms with Crippen molar-refractivity contribution in [3.63, 3.8) is 0 Å². The Bertz CT molecular complexity index is 1020. The smallest absolute Gasteiger partial charge is 0.252 e. The monoisotopic (exact) mass is 500 g/mol. The highest BCUT2D eigenvalue weighted by Crippen LogP contribution is 2.26. The van der Waals surface area contributed by atoms with Gasteiger partial charge in [-0.2, -0.15) is 16.1 Å². The molecule has 0 aliphatic carbocycles. The van der Waals surface area contributed by atoms with E-state index in [4.69, 9.17) is 23.2 Å². The first kappa shape index (κ1) is 24.4. The summed E-state index contributed by atoms with van der Waals surface area (Å²) in [6.45, 7) is 3.55. The first-order valence-electron chi connectivity index (χ1n) is 10.2. The van der Waals surface area contributed by atoms with Crippen molar-refractivity contribution in [3.8, 4) is 0 Å². The molecule has 5 nitrogen and oxygen atoms in total. The van der Waals surface area contributed by atoms with Gasteiger partial charge in [0.25, 0.3) is 5.91 Å². The molecule has 1 aliphatic rings. The van der Waals surface area contributed by atoms with Crippen LogP contribution in [-0.2, 0) is 15.8 Å². The second-order valence-corrected chi connectivity index (χ2v) is 11.5. The van der Waals surface area contributed by atoms with Gasteiger partial charge in [0.2, 0.25) is 10.0 Å². The number of piperidine rings is 1. The van der Waals surface area contributed by atoms with Crippen molar-refractivity contribution in [2.24, 2.45) is 5.92 Å². The zero-order valence-electron chi connectivity index (χ0n) is 17.3. The highest BCUT2D eigenvalue weighted by Gasteiger charge is 2.29. The minimum Gasteiger partial charge on any atom is -0.351 e. The molecule has 0 saturated carbocycles. The third-order valence-corrected chi connectivity index (χ3v) is 8.91. The summed E-state index contributed by atoms with van der Waals surface area (Å²) < 4.78 is 27.4. The second-order valence-electron chi connectivity index (χ2n) is 7.63. The minimum absolute atomic E-state index is 0.102. The standard InChI is InChI=1S/C22H26Cl2N2O3S2/c1-16-8-11-26(12-9-16)31(28,29)18-6-7-21(24)19(14-18)22(27)25-10-13-30-15-17-4-2-3-5-20(17)23/h2-7,14,16H,8-13,15H2,1H3,(H,25,27). The van der Waals surface area contributed by atoms with Crippen LogP contribution < -0.4 is 5.32 Å². The lowest BCUT2D eigenvalue weighted by Crippen LogP contribution is -2.38. The molecule has 0 atom stereocenters. The van der Waals surface area contributed by atoms with Gasteiger partial charge in [-0.3, -0.25) is 4.79 Å². The Balaban J connectivity index is 1.58. The number of halogens is 2. The van der Waals surface area contributed by atoms with Crippen LogP contribution in [0.25, 0.3) is 0 Å². The summed E-state index contributed by atoms with van der Waals surface area (Å²) in [5.41, 5.74) is 1.22. The summed E-state index contributed by atoms with van der Waals surface area (Å²) >= 11 is 14.0. The molecule has 0 bridgehead atoms. The van der Waals surface area contributed by atoms with E-state index >= 15 is 0 Å². The zero-order valence-corrected chi connectivity index (χ0v) is 20.5. The van der Waals surface area contributed by atoms with E-state index in [0.29, 0.717) is 31.3 Å². The number of carbonyl (C=O) groups is 1. The summed E-state index contributed by atoms with van der Waals surface area (Å²) in [4.78, 5) is 12.7. The molecule has 1 amide bonds. The molecule has 0 aromatic heterocycles. The van der Waals surface area contributed by atoms with Gasteiger partial charge in [-0.05, 0) is 48.6 Å². The largest absolute Gasteiger partial charge is 0.351 e. The van der Waals surface area contributed by atoms with Gasteiger partial charge in [-0.1, -0.05) is 48.3 Å². The summed E-state index contributed by atoms with van der Waals surface area (Å²) in [5.74, 6) is 1.58. The lowest BCUT2D eigenvalue weighted by atomic mass is 10.0. The van der Waals surface area contributed by atoms with Gasteiger partial charge in [-0.15, -0.1) is 0 Å². The van der Waals surface area contributed by atoms with E-state index in [2.05, 4.69) is 12.2 Å². The molecule has 168 valence electrons. The van der Waals surface area contributed by atoms with Crippen molar-refractivity contribution in [1.29, 1.82) is 0 Å². The molecule has 0 radical (unpaired) electrons. The molecule has 1 N–H and O–H groups in total. The van der Waals surface area contributed by atoms with Gasteiger partial charge in [0.15, 0.2) is 0 Å². The maximum atomic E-state index is 13.0. The molecule has 31 heavy (non-hydrogen) atoms. The first-order chi connectivity index (χ1) is 14.8. The Kier molecular flexibility index (Phi) is 8.70. The average molecular weight is 502 g/mol. The normalized spacial score (nSPS) is 15.7. The first-order valence-corrected chi connectivity index (χ1v) is 13.5. The molecule has 1 saturated heterocycles. The van der Waals surface area contributed by atoms with E-state index in [0.717, 1.165) is 29.2 Å². The third-order valence-electron chi connectivity index (χ3n) is 5.31. The fraction of sp³-hybridized carbons (Fsp3) is 0.409. The summed E-state index contributed by atoms with van der Waals surface area (Å²) in [6.07, 6.45) is 1.68. The number of nitrogens with one attached hydrogen (secondary N) is 1. The van der Waals surface area contributed by atoms with Crippen molar-refractivity contribution in [1.82, 2.24) is 9.62 Å². The fourth-order valence-electron chi connectivity index (χ4n) is 3.34. The molecule has 9 heteroatoms. The number of carbonyl (C=O) groups excluding carboxylic acids is 1. The Morgan fingerprint density at radius 3 is 2.55 bits per heavy atom. The van der Waals surface area contributed by atoms with Crippen molar-refractivity contribution in [3.05, 3.63) is 63.6 Å². The van der Waals surface area contributed by atoms with Gasteiger partial charge < -0.3 is 5.32 Å². The number of hydrogen-bond acceptors (Lipinski definition) is 4. The molecule has 1 fully saturated rings. The quantitative estimate of drug-likeness (QED) is 0.513. The van der Waals surface area contributed by atoms with Crippen LogP contribution in [0.2, 0.25) is 10.0 Å². The Morgan fingerprint density at radius 2 is 1.84 bits per heavy atom. The number of benzene rings is 2. The molecular formula is C22H26Cl2N2O3S2. The van der Waals surface area contributed by atoms with Crippen LogP contribution in [0.1, 0.15) is 35.7 Å². The zero-order chi connectivity index (χ0) is 22.4. The SMILES string of the molecule is CC1CCN(S(=O)(=O)c2ccc(Cl)c(C(=O)NCCSCc3ccccc3Cl)c2)CC1. The number of sulfonamides is 1. The van der Waals surface area contributed by atoms with E-state index in [1.807, 2.05) is 24.3 Å². The maximum absolute atomic E-state index is 13.0. The number of rotatable bonds is 8. The predicted octanol–water partition coefficient (Wildman–Crippen LogP) is 5.08. The predicted molar refractivity (Wildman–Crippen MR) is 129 cm³/mol. The van der Waals surface area contributed by atoms with Crippen LogP contribution in [0.4, 0.5) is 0 Å². The van der Waals surface area contributed by atoms with Crippen molar-refractivity contribution in [2.75, 3.05) is 25.4 Å². The number of thioether (sulfide) groups is 1. The Labute approximate surface area is 198 Å². The molecule has 0 unspecified atom stereocenters. The van der Waals surface area contributed by atoms with Gasteiger partial charge in [-0.25, -0.2) is 8.42 Å². The lowest BCUT2D eigenvalue weighted by Gasteiger charge is -2.29. The molecular weight excluding hydrogens is 475 g/mol. The van der Waals surface area contributed by atoms with Gasteiger partial charge in [0.05, 0.1) is 15.5 Å². The van der Waals surface area contributed by atoms with Crippen LogP contribution in [-0.4, -0.2) is 44.0 Å². The molecule has 2 aromatic carbocycles. The van der Waals surface area contributed by atoms with E-state index in [1.54, 1.807) is 11.8 Å². The molecule has 3 rings (SSSR count). The Hall–Kier alpha value is -1.25. The average Bonchev–Trinajstić information content (AvgIpc) is 2.75. The number of amides is 1. The minimum atomic E-state index is -3.64. The van der Waals surface area contributed by atoms with Crippen molar-refractivity contribution in [2.45, 2.75) is 30.4 Å². The third kappa shape index (κ3) is 6.39. The van der Waals surface area contributed by atoms with Crippen molar-refractivity contribution >= 4 is 50.9 Å². The second kappa shape index (κ2) is 11.1. The highest BCUT2D eigenvalue weighted by atomic mass is 35.5. The van der Waals surface area contributed by atoms with Gasteiger partial charge >= 0.3 is 0 Å². The maximum Gasteiger partial charge on any atom is 0.252 e. The summed E-state index contributed by atoms with van der Waals surface area (Å²) in [5, 5.41) is 3.78. The van der Waals surface area contributed by atoms with Crippen LogP contribution in [0, 0.1) is 5.92 Å². The van der Waals surface area contributed by atoms with E-state index < -0.39 is 10.0 Å². The Morgan fingerprint density at radius 1 is 1.13 bits per heavy atom. The molecule has 1 heterocycles. The molecule has 1 aliphatic heterocycles. The fourth-order valence-corrected chi connectivity index (χ4v) is 6.19. The van der Waals surface area contributed by atoms with E-state index in [9.17, 15) is 13.2 Å². The number of hydrogen-bond donors (Lipinski definition) is 1. The van der Waals surface area contributed by atoms with Crippen LogP contribution in [0.5, 0.6) is 0 Å². The number of nitrogens with zero attached hydrogens (tertiary/aromatic N) is 1. The van der Waals surface area contributed by atoms with Gasteiger partial charge in [0, 0.05) is 36.2 Å². The van der Waals surface area contributed by atoms with Crippen LogP contribution >= 0.6 is 35.0 Å². The summed E-state index contributed by atoms with van der Waals surface area (Å²) in [7, 11) is -3.64. The van der Waals surface area contributed by atoms with Gasteiger partial charge in [0.1, 0.15) is 0 Å². The van der Waals surface area contributed by atoms with Crippen molar-refractivity contribution < 1.29 is 13.2 Å². The lowest BCUT2D eigenvalue weighted by molar-refractivity contribution is 0.0956. The topological polar surface area (TPSA) is 66.5 Å². The summed E-state index contributed by atoms with van der Waals surface area (Å²) in [6, 6.07) is 12.0.